The second-order valence-corrected chi connectivity index (χ2v) is 5.33. The first-order chi connectivity index (χ1) is 7.78. The van der Waals surface area contributed by atoms with Crippen LogP contribution in [0.25, 0.3) is 0 Å². The van der Waals surface area contributed by atoms with Gasteiger partial charge in [0.15, 0.2) is 0 Å². The molecule has 3 nitrogen and oxygen atoms in total. The van der Waals surface area contributed by atoms with Crippen LogP contribution >= 0.6 is 11.8 Å². The third kappa shape index (κ3) is 2.48. The first kappa shape index (κ1) is 11.7. The molecule has 16 heavy (non-hydrogen) atoms. The predicted molar refractivity (Wildman–Crippen MR) is 68.9 cm³/mol. The fraction of sp³-hybridized carbons (Fsp3) is 0.667. The molecule has 0 amide bonds. The average molecular weight is 237 g/mol. The molecular weight excluding hydrogens is 218 g/mol. The Hall–Kier alpha value is -0.770. The highest BCUT2D eigenvalue weighted by Gasteiger charge is 2.34. The molecule has 1 fully saturated rings. The number of rotatable bonds is 5. The standard InChI is InChI=1S/C12H19N3S/c1-3-12(5-4-6-12)8-13-10-7-11(16-2)15-9-14-10/h7,9H,3-6,8H2,1-2H3,(H,13,14,15). The molecule has 0 saturated heterocycles. The molecule has 1 aliphatic rings. The maximum atomic E-state index is 4.25. The maximum Gasteiger partial charge on any atom is 0.130 e. The van der Waals surface area contributed by atoms with E-state index < -0.39 is 0 Å². The molecule has 1 heterocycles. The van der Waals surface area contributed by atoms with Crippen LogP contribution in [0.5, 0.6) is 0 Å². The predicted octanol–water partition coefficient (Wildman–Crippen LogP) is 3.19. The van der Waals surface area contributed by atoms with Crippen molar-refractivity contribution in [1.82, 2.24) is 9.97 Å². The fourth-order valence-corrected chi connectivity index (χ4v) is 2.54. The molecule has 1 saturated carbocycles. The summed E-state index contributed by atoms with van der Waals surface area (Å²) in [5.74, 6) is 0.957. The average Bonchev–Trinajstić information content (AvgIpc) is 2.29. The fourth-order valence-electron chi connectivity index (χ4n) is 2.16. The van der Waals surface area contributed by atoms with Crippen LogP contribution in [0.4, 0.5) is 5.82 Å². The number of hydrogen-bond donors (Lipinski definition) is 1. The first-order valence-corrected chi connectivity index (χ1v) is 7.10. The summed E-state index contributed by atoms with van der Waals surface area (Å²) in [5.41, 5.74) is 0.532. The zero-order valence-electron chi connectivity index (χ0n) is 9.99. The van der Waals surface area contributed by atoms with Crippen LogP contribution in [0.3, 0.4) is 0 Å². The number of anilines is 1. The molecule has 0 aromatic carbocycles. The lowest BCUT2D eigenvalue weighted by Gasteiger charge is -2.41. The summed E-state index contributed by atoms with van der Waals surface area (Å²) < 4.78 is 0. The number of hydrogen-bond acceptors (Lipinski definition) is 4. The third-order valence-corrected chi connectivity index (χ3v) is 4.30. The van der Waals surface area contributed by atoms with Gasteiger partial charge in [-0.05, 0) is 30.9 Å². The molecule has 1 aliphatic carbocycles. The minimum absolute atomic E-state index is 0.532. The molecule has 0 bridgehead atoms. The quantitative estimate of drug-likeness (QED) is 0.630. The van der Waals surface area contributed by atoms with Gasteiger partial charge in [-0.1, -0.05) is 13.3 Å². The smallest absolute Gasteiger partial charge is 0.130 e. The highest BCUT2D eigenvalue weighted by molar-refractivity contribution is 7.98. The summed E-state index contributed by atoms with van der Waals surface area (Å²) >= 11 is 1.65. The molecule has 1 aromatic rings. The van der Waals surface area contributed by atoms with Crippen molar-refractivity contribution in [2.24, 2.45) is 5.41 Å². The van der Waals surface area contributed by atoms with Crippen LogP contribution in [0.1, 0.15) is 32.6 Å². The van der Waals surface area contributed by atoms with Crippen LogP contribution in [-0.4, -0.2) is 22.8 Å². The lowest BCUT2D eigenvalue weighted by atomic mass is 9.67. The van der Waals surface area contributed by atoms with Gasteiger partial charge in [-0.2, -0.15) is 0 Å². The second kappa shape index (κ2) is 5.04. The molecule has 1 N–H and O–H groups in total. The van der Waals surface area contributed by atoms with E-state index in [4.69, 9.17) is 0 Å². The molecule has 0 unspecified atom stereocenters. The van der Waals surface area contributed by atoms with Gasteiger partial charge in [0.1, 0.15) is 17.2 Å². The van der Waals surface area contributed by atoms with Gasteiger partial charge in [-0.25, -0.2) is 9.97 Å². The summed E-state index contributed by atoms with van der Waals surface area (Å²) in [5, 5.41) is 4.47. The minimum Gasteiger partial charge on any atom is -0.369 e. The van der Waals surface area contributed by atoms with Crippen molar-refractivity contribution in [1.29, 1.82) is 0 Å². The molecule has 4 heteroatoms. The first-order valence-electron chi connectivity index (χ1n) is 5.88. The zero-order valence-corrected chi connectivity index (χ0v) is 10.8. The Morgan fingerprint density at radius 3 is 2.81 bits per heavy atom. The highest BCUT2D eigenvalue weighted by atomic mass is 32.2. The molecule has 0 radical (unpaired) electrons. The van der Waals surface area contributed by atoms with Gasteiger partial charge < -0.3 is 5.32 Å². The van der Waals surface area contributed by atoms with Gasteiger partial charge >= 0.3 is 0 Å². The number of aromatic nitrogens is 2. The Morgan fingerprint density at radius 1 is 1.44 bits per heavy atom. The van der Waals surface area contributed by atoms with Crippen molar-refractivity contribution in [3.8, 4) is 0 Å². The Bertz CT molecular complexity index is 344. The van der Waals surface area contributed by atoms with Gasteiger partial charge in [0.25, 0.3) is 0 Å². The molecule has 88 valence electrons. The van der Waals surface area contributed by atoms with Gasteiger partial charge in [0.05, 0.1) is 0 Å². The molecule has 0 atom stereocenters. The van der Waals surface area contributed by atoms with E-state index in [0.717, 1.165) is 17.4 Å². The lowest BCUT2D eigenvalue weighted by Crippen LogP contribution is -2.36. The summed E-state index contributed by atoms with van der Waals surface area (Å²) in [6.07, 6.45) is 9.03. The van der Waals surface area contributed by atoms with E-state index in [9.17, 15) is 0 Å². The normalized spacial score (nSPS) is 17.9. The van der Waals surface area contributed by atoms with Crippen LogP contribution in [0.2, 0.25) is 0 Å². The monoisotopic (exact) mass is 237 g/mol. The molecule has 0 aliphatic heterocycles. The number of thioether (sulfide) groups is 1. The molecular formula is C12H19N3S. The summed E-state index contributed by atoms with van der Waals surface area (Å²) in [7, 11) is 0. The summed E-state index contributed by atoms with van der Waals surface area (Å²) in [4.78, 5) is 8.42. The Labute approximate surface area is 101 Å². The largest absolute Gasteiger partial charge is 0.369 e. The SMILES string of the molecule is CCC1(CNc2cc(SC)ncn2)CCC1. The van der Waals surface area contributed by atoms with E-state index in [1.807, 2.05) is 12.3 Å². The Morgan fingerprint density at radius 2 is 2.25 bits per heavy atom. The van der Waals surface area contributed by atoms with Crippen molar-refractivity contribution in [3.63, 3.8) is 0 Å². The summed E-state index contributed by atoms with van der Waals surface area (Å²) in [6, 6.07) is 2.02. The van der Waals surface area contributed by atoms with Crippen molar-refractivity contribution in [2.75, 3.05) is 18.1 Å². The van der Waals surface area contributed by atoms with Crippen molar-refractivity contribution < 1.29 is 0 Å². The van der Waals surface area contributed by atoms with Crippen LogP contribution in [0.15, 0.2) is 17.4 Å². The van der Waals surface area contributed by atoms with Crippen LogP contribution in [0, 0.1) is 5.41 Å². The highest BCUT2D eigenvalue weighted by Crippen LogP contribution is 2.43. The maximum absolute atomic E-state index is 4.25. The third-order valence-electron chi connectivity index (χ3n) is 3.66. The van der Waals surface area contributed by atoms with E-state index in [1.165, 1.54) is 25.7 Å². The van der Waals surface area contributed by atoms with Crippen LogP contribution in [-0.2, 0) is 0 Å². The molecule has 1 aromatic heterocycles. The van der Waals surface area contributed by atoms with E-state index in [-0.39, 0.29) is 0 Å². The molecule has 0 spiro atoms. The lowest BCUT2D eigenvalue weighted by molar-refractivity contribution is 0.145. The van der Waals surface area contributed by atoms with Gasteiger partial charge in [0, 0.05) is 12.6 Å². The minimum atomic E-state index is 0.532. The van der Waals surface area contributed by atoms with E-state index >= 15 is 0 Å². The van der Waals surface area contributed by atoms with Gasteiger partial charge in [-0.3, -0.25) is 0 Å². The van der Waals surface area contributed by atoms with Crippen molar-refractivity contribution in [3.05, 3.63) is 12.4 Å². The van der Waals surface area contributed by atoms with E-state index in [2.05, 4.69) is 22.2 Å². The topological polar surface area (TPSA) is 37.8 Å². The van der Waals surface area contributed by atoms with Gasteiger partial charge in [-0.15, -0.1) is 11.8 Å². The zero-order chi connectivity index (χ0) is 11.4. The van der Waals surface area contributed by atoms with E-state index in [1.54, 1.807) is 18.1 Å². The Balaban J connectivity index is 1.93. The summed E-state index contributed by atoms with van der Waals surface area (Å²) in [6.45, 7) is 3.34. The number of nitrogens with one attached hydrogen (secondary N) is 1. The molecule has 2 rings (SSSR count). The van der Waals surface area contributed by atoms with E-state index in [0.29, 0.717) is 5.41 Å². The van der Waals surface area contributed by atoms with Crippen molar-refractivity contribution >= 4 is 17.6 Å². The Kier molecular flexibility index (Phi) is 3.69. The number of nitrogens with zero attached hydrogens (tertiary/aromatic N) is 2. The van der Waals surface area contributed by atoms with Gasteiger partial charge in [0.2, 0.25) is 0 Å². The van der Waals surface area contributed by atoms with Crippen molar-refractivity contribution in [2.45, 2.75) is 37.6 Å². The second-order valence-electron chi connectivity index (χ2n) is 4.51. The van der Waals surface area contributed by atoms with Crippen LogP contribution < -0.4 is 5.32 Å².